The van der Waals surface area contributed by atoms with Crippen LogP contribution in [0.5, 0.6) is 0 Å². The van der Waals surface area contributed by atoms with Crippen molar-refractivity contribution in [2.75, 3.05) is 11.4 Å². The van der Waals surface area contributed by atoms with E-state index in [1.807, 2.05) is 0 Å². The quantitative estimate of drug-likeness (QED) is 0.919. The summed E-state index contributed by atoms with van der Waals surface area (Å²) in [6, 6.07) is 3.53. The molecule has 0 aliphatic heterocycles. The molecule has 0 unspecified atom stereocenters. The number of carboxylic acids is 1. The van der Waals surface area contributed by atoms with E-state index in [2.05, 4.69) is 4.98 Å². The van der Waals surface area contributed by atoms with Crippen molar-refractivity contribution in [3.8, 4) is 0 Å². The van der Waals surface area contributed by atoms with Crippen molar-refractivity contribution in [2.45, 2.75) is 11.8 Å². The molecule has 9 heteroatoms. The van der Waals surface area contributed by atoms with Gasteiger partial charge in [0.15, 0.2) is 5.13 Å². The first-order valence-electron chi connectivity index (χ1n) is 5.67. The summed E-state index contributed by atoms with van der Waals surface area (Å²) in [6.45, 7) is 1.75. The van der Waals surface area contributed by atoms with E-state index in [4.69, 9.17) is 16.7 Å². The lowest BCUT2D eigenvalue weighted by atomic mass is 10.2. The minimum absolute atomic E-state index is 0.0415. The SMILES string of the molecule is Cc1csc(N(C)S(=O)(=O)c2cc(C(=O)O)ccc2Cl)n1. The number of carbonyl (C=O) groups is 1. The number of thiazole rings is 1. The number of sulfonamides is 1. The molecule has 2 aromatic rings. The normalized spacial score (nSPS) is 11.4. The zero-order valence-electron chi connectivity index (χ0n) is 11.1. The van der Waals surface area contributed by atoms with Crippen molar-refractivity contribution < 1.29 is 18.3 Å². The molecule has 0 aliphatic carbocycles. The van der Waals surface area contributed by atoms with Crippen LogP contribution in [0.1, 0.15) is 16.1 Å². The summed E-state index contributed by atoms with van der Waals surface area (Å²) < 4.78 is 26.1. The number of hydrogen-bond acceptors (Lipinski definition) is 5. The van der Waals surface area contributed by atoms with E-state index >= 15 is 0 Å². The lowest BCUT2D eigenvalue weighted by molar-refractivity contribution is 0.0696. The van der Waals surface area contributed by atoms with E-state index < -0.39 is 16.0 Å². The molecule has 0 aliphatic rings. The van der Waals surface area contributed by atoms with Gasteiger partial charge in [0.05, 0.1) is 16.3 Å². The van der Waals surface area contributed by atoms with Crippen LogP contribution in [0.2, 0.25) is 5.02 Å². The largest absolute Gasteiger partial charge is 0.478 e. The first-order chi connectivity index (χ1) is 9.73. The minimum Gasteiger partial charge on any atom is -0.478 e. The second-order valence-electron chi connectivity index (χ2n) is 4.19. The zero-order valence-corrected chi connectivity index (χ0v) is 13.5. The van der Waals surface area contributed by atoms with Gasteiger partial charge in [-0.3, -0.25) is 0 Å². The van der Waals surface area contributed by atoms with Crippen LogP contribution < -0.4 is 4.31 Å². The van der Waals surface area contributed by atoms with Crippen molar-refractivity contribution in [3.63, 3.8) is 0 Å². The summed E-state index contributed by atoms with van der Waals surface area (Å²) in [7, 11) is -2.63. The van der Waals surface area contributed by atoms with Gasteiger partial charge in [-0.05, 0) is 25.1 Å². The summed E-state index contributed by atoms with van der Waals surface area (Å²) >= 11 is 7.08. The Morgan fingerprint density at radius 3 is 2.62 bits per heavy atom. The number of carboxylic acid groups (broad SMARTS) is 1. The second-order valence-corrected chi connectivity index (χ2v) is 7.38. The molecule has 1 N–H and O–H groups in total. The molecule has 1 aromatic heterocycles. The average molecular weight is 347 g/mol. The number of nitrogens with zero attached hydrogens (tertiary/aromatic N) is 2. The first-order valence-corrected chi connectivity index (χ1v) is 8.37. The number of aromatic nitrogens is 1. The Morgan fingerprint density at radius 2 is 2.10 bits per heavy atom. The van der Waals surface area contributed by atoms with E-state index in [-0.39, 0.29) is 20.6 Å². The molecule has 0 atom stereocenters. The Balaban J connectivity index is 2.53. The summed E-state index contributed by atoms with van der Waals surface area (Å²) in [5, 5.41) is 10.9. The fourth-order valence-corrected chi connectivity index (χ4v) is 4.21. The highest BCUT2D eigenvalue weighted by molar-refractivity contribution is 7.93. The van der Waals surface area contributed by atoms with Crippen molar-refractivity contribution in [1.29, 1.82) is 0 Å². The topological polar surface area (TPSA) is 87.6 Å². The lowest BCUT2D eigenvalue weighted by Gasteiger charge is -2.17. The van der Waals surface area contributed by atoms with E-state index in [0.717, 1.165) is 10.4 Å². The van der Waals surface area contributed by atoms with Gasteiger partial charge in [0.2, 0.25) is 0 Å². The predicted molar refractivity (Wildman–Crippen MR) is 80.9 cm³/mol. The number of hydrogen-bond donors (Lipinski definition) is 1. The molecule has 2 rings (SSSR count). The molecule has 0 saturated heterocycles. The Kier molecular flexibility index (Phi) is 4.22. The van der Waals surface area contributed by atoms with Gasteiger partial charge in [-0.25, -0.2) is 22.5 Å². The van der Waals surface area contributed by atoms with Crippen LogP contribution in [-0.2, 0) is 10.0 Å². The van der Waals surface area contributed by atoms with Gasteiger partial charge in [0.1, 0.15) is 4.90 Å². The third-order valence-corrected chi connectivity index (χ3v) is 6.07. The fraction of sp³-hybridized carbons (Fsp3) is 0.167. The summed E-state index contributed by atoms with van der Waals surface area (Å²) in [5.74, 6) is -1.23. The van der Waals surface area contributed by atoms with Gasteiger partial charge in [-0.15, -0.1) is 11.3 Å². The molecule has 1 aromatic carbocycles. The van der Waals surface area contributed by atoms with Gasteiger partial charge in [0.25, 0.3) is 10.0 Å². The summed E-state index contributed by atoms with van der Waals surface area (Å²) in [4.78, 5) is 14.8. The van der Waals surface area contributed by atoms with Crippen molar-refractivity contribution >= 4 is 44.1 Å². The Labute approximate surface area is 130 Å². The highest BCUT2D eigenvalue weighted by atomic mass is 35.5. The zero-order chi connectivity index (χ0) is 15.8. The Morgan fingerprint density at radius 1 is 1.43 bits per heavy atom. The maximum atomic E-state index is 12.6. The van der Waals surface area contributed by atoms with Crippen LogP contribution in [0, 0.1) is 6.92 Å². The maximum Gasteiger partial charge on any atom is 0.335 e. The van der Waals surface area contributed by atoms with Gasteiger partial charge in [-0.2, -0.15) is 0 Å². The Hall–Kier alpha value is -1.64. The molecule has 0 spiro atoms. The molecule has 21 heavy (non-hydrogen) atoms. The van der Waals surface area contributed by atoms with Crippen molar-refractivity contribution in [2.24, 2.45) is 0 Å². The van der Waals surface area contributed by atoms with E-state index in [1.165, 1.54) is 30.5 Å². The average Bonchev–Trinajstić information content (AvgIpc) is 2.84. The van der Waals surface area contributed by atoms with Gasteiger partial charge in [-0.1, -0.05) is 11.6 Å². The highest BCUT2D eigenvalue weighted by Crippen LogP contribution is 2.29. The third-order valence-electron chi connectivity index (χ3n) is 2.69. The molecular formula is C12H11ClN2O4S2. The first kappa shape index (κ1) is 15.7. The predicted octanol–water partition coefficient (Wildman–Crippen LogP) is 2.63. The van der Waals surface area contributed by atoms with Crippen LogP contribution in [0.15, 0.2) is 28.5 Å². The second kappa shape index (κ2) is 5.63. The molecule has 0 amide bonds. The minimum atomic E-state index is -3.98. The van der Waals surface area contributed by atoms with Gasteiger partial charge in [0, 0.05) is 12.4 Å². The third kappa shape index (κ3) is 3.02. The lowest BCUT2D eigenvalue weighted by Crippen LogP contribution is -2.27. The Bertz CT molecular complexity index is 801. The number of rotatable bonds is 4. The summed E-state index contributed by atoms with van der Waals surface area (Å²) in [6.07, 6.45) is 0. The van der Waals surface area contributed by atoms with Gasteiger partial charge >= 0.3 is 5.97 Å². The fourth-order valence-electron chi connectivity index (χ4n) is 1.57. The van der Waals surface area contributed by atoms with Crippen LogP contribution in [0.3, 0.4) is 0 Å². The van der Waals surface area contributed by atoms with Crippen molar-refractivity contribution in [1.82, 2.24) is 4.98 Å². The maximum absolute atomic E-state index is 12.6. The molecule has 0 saturated carbocycles. The van der Waals surface area contributed by atoms with Crippen LogP contribution in [0.4, 0.5) is 5.13 Å². The van der Waals surface area contributed by atoms with Crippen molar-refractivity contribution in [3.05, 3.63) is 39.9 Å². The van der Waals surface area contributed by atoms with Gasteiger partial charge < -0.3 is 5.11 Å². The highest BCUT2D eigenvalue weighted by Gasteiger charge is 2.27. The van der Waals surface area contributed by atoms with Crippen LogP contribution in [0.25, 0.3) is 0 Å². The van der Waals surface area contributed by atoms with Crippen LogP contribution >= 0.6 is 22.9 Å². The molecule has 112 valence electrons. The number of aryl methyl sites for hydroxylation is 1. The standard InChI is InChI=1S/C12H11ClN2O4S2/c1-7-6-20-12(14-7)15(2)21(18,19)10-5-8(11(16)17)3-4-9(10)13/h3-6H,1-2H3,(H,16,17). The molecular weight excluding hydrogens is 336 g/mol. The van der Waals surface area contributed by atoms with E-state index in [1.54, 1.807) is 12.3 Å². The molecule has 0 bridgehead atoms. The van der Waals surface area contributed by atoms with E-state index in [0.29, 0.717) is 5.69 Å². The number of anilines is 1. The molecule has 1 heterocycles. The van der Waals surface area contributed by atoms with Crippen LogP contribution in [-0.4, -0.2) is 31.5 Å². The monoisotopic (exact) mass is 346 g/mol. The number of benzene rings is 1. The molecule has 0 radical (unpaired) electrons. The number of aromatic carboxylic acids is 1. The van der Waals surface area contributed by atoms with E-state index in [9.17, 15) is 13.2 Å². The molecule has 0 fully saturated rings. The number of halogens is 1. The smallest absolute Gasteiger partial charge is 0.335 e. The molecule has 6 nitrogen and oxygen atoms in total. The summed E-state index contributed by atoms with van der Waals surface area (Å²) in [5.41, 5.74) is 0.545.